The maximum absolute atomic E-state index is 11.6. The molecule has 1 rings (SSSR count). The molecule has 0 aliphatic carbocycles. The molecular formula is C10H14BrOSe. The molecule has 0 aromatic heterocycles. The van der Waals surface area contributed by atoms with E-state index >= 15 is 0 Å². The first-order valence-electron chi connectivity index (χ1n) is 3.99. The molecule has 13 heavy (non-hydrogen) atoms. The van der Waals surface area contributed by atoms with Crippen LogP contribution in [0, 0.1) is 0 Å². The zero-order chi connectivity index (χ0) is 10.1. The third-order valence-corrected chi connectivity index (χ3v) is 13.4. The molecule has 0 amide bonds. The van der Waals surface area contributed by atoms with E-state index in [-0.39, 0.29) is 4.68 Å². The predicted octanol–water partition coefficient (Wildman–Crippen LogP) is 2.58. The molecule has 0 bridgehead atoms. The number of hydrogen-bond acceptors (Lipinski definition) is 1. The molecule has 0 unspecified atom stereocenters. The molecule has 73 valence electrons. The average Bonchev–Trinajstić information content (AvgIpc) is 2.05. The van der Waals surface area contributed by atoms with Gasteiger partial charge in [0.15, 0.2) is 0 Å². The van der Waals surface area contributed by atoms with Crippen LogP contribution in [-0.4, -0.2) is 14.7 Å². The van der Waals surface area contributed by atoms with E-state index in [1.54, 1.807) is 6.92 Å². The number of carbonyl (C=O) groups excluding carboxylic acids is 1. The Kier molecular flexibility index (Phi) is 2.73. The van der Waals surface area contributed by atoms with Crippen molar-refractivity contribution in [2.75, 3.05) is 0 Å². The molecule has 0 saturated carbocycles. The van der Waals surface area contributed by atoms with Gasteiger partial charge in [0.05, 0.1) is 0 Å². The van der Waals surface area contributed by atoms with Gasteiger partial charge in [0, 0.05) is 0 Å². The van der Waals surface area contributed by atoms with E-state index in [4.69, 9.17) is 0 Å². The summed E-state index contributed by atoms with van der Waals surface area (Å²) in [5.74, 6) is 4.11. The summed E-state index contributed by atoms with van der Waals surface area (Å²) in [7, 11) is -2.87. The molecule has 0 aliphatic rings. The van der Waals surface area contributed by atoms with Crippen molar-refractivity contribution in [2.24, 2.45) is 0 Å². The van der Waals surface area contributed by atoms with Gasteiger partial charge in [0.2, 0.25) is 0 Å². The quantitative estimate of drug-likeness (QED) is 0.768. The van der Waals surface area contributed by atoms with Crippen molar-refractivity contribution >= 4 is 33.2 Å². The van der Waals surface area contributed by atoms with Crippen molar-refractivity contribution in [3.8, 4) is 0 Å². The Morgan fingerprint density at radius 1 is 1.23 bits per heavy atom. The molecule has 3 heteroatoms. The van der Waals surface area contributed by atoms with Crippen LogP contribution in [0.2, 0.25) is 11.6 Å². The first-order valence-corrected chi connectivity index (χ1v) is 13.1. The molecule has 0 spiro atoms. The first-order chi connectivity index (χ1) is 5.83. The summed E-state index contributed by atoms with van der Waals surface area (Å²) in [5, 5.41) is 0. The van der Waals surface area contributed by atoms with E-state index in [1.165, 1.54) is 0 Å². The van der Waals surface area contributed by atoms with Crippen molar-refractivity contribution in [3.05, 3.63) is 30.3 Å². The van der Waals surface area contributed by atoms with Gasteiger partial charge in [0.1, 0.15) is 0 Å². The molecule has 0 N–H and O–H groups in total. The van der Waals surface area contributed by atoms with Crippen molar-refractivity contribution in [3.63, 3.8) is 0 Å². The summed E-state index contributed by atoms with van der Waals surface area (Å²) in [6, 6.07) is 9.97. The van der Waals surface area contributed by atoms with Crippen LogP contribution in [-0.2, 0) is 4.79 Å². The monoisotopic (exact) mass is 309 g/mol. The van der Waals surface area contributed by atoms with Gasteiger partial charge in [-0.1, -0.05) is 0 Å². The fourth-order valence-electron chi connectivity index (χ4n) is 0.978. The second kappa shape index (κ2) is 3.23. The summed E-state index contributed by atoms with van der Waals surface area (Å²) in [6.07, 6.45) is 0. The standard InChI is InChI=1S/C10H14BrOSe/c1-9(12)13(2,3,11)10-7-5-4-6-8-10/h4-8H,1-3H3. The average molecular weight is 309 g/mol. The van der Waals surface area contributed by atoms with E-state index in [0.29, 0.717) is 0 Å². The van der Waals surface area contributed by atoms with Gasteiger partial charge in [0.25, 0.3) is 0 Å². The van der Waals surface area contributed by atoms with Crippen LogP contribution in [0.5, 0.6) is 0 Å². The summed E-state index contributed by atoms with van der Waals surface area (Å²) >= 11 is 3.68. The van der Waals surface area contributed by atoms with E-state index in [9.17, 15) is 4.79 Å². The van der Waals surface area contributed by atoms with Gasteiger partial charge in [-0.2, -0.15) is 0 Å². The molecular weight excluding hydrogens is 295 g/mol. The van der Waals surface area contributed by atoms with Crippen LogP contribution < -0.4 is 4.46 Å². The zero-order valence-electron chi connectivity index (χ0n) is 8.08. The van der Waals surface area contributed by atoms with Crippen LogP contribution >= 0.6 is 14.1 Å². The Labute approximate surface area is 86.8 Å². The predicted molar refractivity (Wildman–Crippen MR) is 63.2 cm³/mol. The Hall–Kier alpha value is -0.111. The summed E-state index contributed by atoms with van der Waals surface area (Å²) in [6.45, 7) is 1.67. The van der Waals surface area contributed by atoms with E-state index in [0.717, 1.165) is 4.46 Å². The number of halogens is 1. The van der Waals surface area contributed by atoms with Crippen LogP contribution in [0.4, 0.5) is 0 Å². The topological polar surface area (TPSA) is 17.1 Å². The van der Waals surface area contributed by atoms with Gasteiger partial charge in [-0.25, -0.2) is 0 Å². The Balaban J connectivity index is 3.29. The van der Waals surface area contributed by atoms with E-state index in [1.807, 2.05) is 30.3 Å². The van der Waals surface area contributed by atoms with Crippen LogP contribution in [0.25, 0.3) is 0 Å². The molecule has 0 aliphatic heterocycles. The van der Waals surface area contributed by atoms with Crippen LogP contribution in [0.1, 0.15) is 6.92 Å². The van der Waals surface area contributed by atoms with Gasteiger partial charge in [-0.15, -0.1) is 0 Å². The van der Waals surface area contributed by atoms with Crippen LogP contribution in [0.15, 0.2) is 30.3 Å². The van der Waals surface area contributed by atoms with E-state index in [2.05, 4.69) is 25.8 Å². The maximum atomic E-state index is 11.6. The van der Waals surface area contributed by atoms with Crippen molar-refractivity contribution < 1.29 is 4.79 Å². The second-order valence-electron chi connectivity index (χ2n) is 3.59. The normalized spacial score (nSPS) is 14.6. The number of rotatable bonds is 2. The van der Waals surface area contributed by atoms with Crippen LogP contribution in [0.3, 0.4) is 0 Å². The molecule has 0 saturated heterocycles. The Morgan fingerprint density at radius 3 is 2.08 bits per heavy atom. The van der Waals surface area contributed by atoms with Gasteiger partial charge >= 0.3 is 86.9 Å². The van der Waals surface area contributed by atoms with Crippen molar-refractivity contribution in [2.45, 2.75) is 18.6 Å². The fourth-order valence-corrected chi connectivity index (χ4v) is 4.77. The molecule has 1 aromatic carbocycles. The van der Waals surface area contributed by atoms with Gasteiger partial charge < -0.3 is 0 Å². The Bertz CT molecular complexity index is 324. The minimum absolute atomic E-state index is 0.270. The van der Waals surface area contributed by atoms with Gasteiger partial charge in [-0.05, 0) is 0 Å². The first kappa shape index (κ1) is 11.0. The molecule has 0 fully saturated rings. The number of benzene rings is 1. The molecule has 1 nitrogen and oxygen atoms in total. The third kappa shape index (κ3) is 2.04. The molecule has 1 radical (unpaired) electrons. The summed E-state index contributed by atoms with van der Waals surface area (Å²) in [4.78, 5) is 11.6. The second-order valence-corrected chi connectivity index (χ2v) is 23.4. The molecule has 0 atom stereocenters. The third-order valence-electron chi connectivity index (χ3n) is 2.25. The fraction of sp³-hybridized carbons (Fsp3) is 0.300. The van der Waals surface area contributed by atoms with Crippen molar-refractivity contribution in [1.82, 2.24) is 0 Å². The van der Waals surface area contributed by atoms with Gasteiger partial charge in [-0.3, -0.25) is 0 Å². The van der Waals surface area contributed by atoms with Crippen molar-refractivity contribution in [1.29, 1.82) is 0 Å². The summed E-state index contributed by atoms with van der Waals surface area (Å²) in [5.41, 5.74) is 0. The molecule has 0 heterocycles. The number of carbonyl (C=O) groups is 1. The zero-order valence-corrected chi connectivity index (χ0v) is 11.4. The number of hydrogen-bond donors (Lipinski definition) is 0. The minimum atomic E-state index is -2.87. The Morgan fingerprint density at radius 2 is 1.69 bits per heavy atom. The molecule has 1 aromatic rings. The SMILES string of the molecule is CC(=O)[Se](C)(C)(Br)c1ccccc1. The van der Waals surface area contributed by atoms with E-state index < -0.39 is 9.98 Å². The summed E-state index contributed by atoms with van der Waals surface area (Å²) < 4.78 is 1.42.